The maximum atomic E-state index is 12.1. The number of ether oxygens (including phenoxy) is 1. The van der Waals surface area contributed by atoms with Gasteiger partial charge in [0, 0.05) is 11.4 Å². The molecular formula is C12H15NO4S. The molecule has 1 aliphatic heterocycles. The van der Waals surface area contributed by atoms with Crippen LogP contribution in [0.25, 0.3) is 0 Å². The number of nitrogens with zero attached hydrogens (tertiary/aromatic N) is 1. The number of amides is 1. The van der Waals surface area contributed by atoms with Gasteiger partial charge >= 0.3 is 5.97 Å². The van der Waals surface area contributed by atoms with Crippen molar-refractivity contribution in [1.29, 1.82) is 0 Å². The van der Waals surface area contributed by atoms with Crippen LogP contribution in [0.1, 0.15) is 11.3 Å². The van der Waals surface area contributed by atoms with E-state index in [9.17, 15) is 9.59 Å². The molecule has 1 amide bonds. The van der Waals surface area contributed by atoms with Crippen molar-refractivity contribution in [2.75, 3.05) is 19.8 Å². The number of rotatable bonds is 4. The summed E-state index contributed by atoms with van der Waals surface area (Å²) in [5.74, 6) is -0.925. The molecule has 0 saturated carbocycles. The Labute approximate surface area is 109 Å². The molecule has 98 valence electrons. The number of morpholine rings is 1. The number of carboxylic acids is 1. The number of hydrogen-bond donors (Lipinski definition) is 1. The Bertz CT molecular complexity index is 418. The van der Waals surface area contributed by atoms with Crippen LogP contribution in [0.4, 0.5) is 0 Å². The first-order valence-corrected chi connectivity index (χ1v) is 6.66. The molecular weight excluding hydrogens is 254 g/mol. The van der Waals surface area contributed by atoms with Crippen LogP contribution in [0.5, 0.6) is 0 Å². The van der Waals surface area contributed by atoms with Gasteiger partial charge < -0.3 is 14.7 Å². The normalized spacial score (nSPS) is 19.8. The second-order valence-corrected chi connectivity index (χ2v) is 5.20. The summed E-state index contributed by atoms with van der Waals surface area (Å²) in [5.41, 5.74) is 0. The van der Waals surface area contributed by atoms with Crippen molar-refractivity contribution in [3.8, 4) is 0 Å². The van der Waals surface area contributed by atoms with Crippen LogP contribution in [0.3, 0.4) is 0 Å². The number of carbonyl (C=O) groups is 2. The number of hydrogen-bond acceptors (Lipinski definition) is 4. The van der Waals surface area contributed by atoms with Gasteiger partial charge in [0.1, 0.15) is 0 Å². The standard InChI is InChI=1S/C12H15NO4S/c14-11(7-10-2-1-5-18-10)13-3-4-17-8-9(13)6-12(15)16/h1-2,5,9H,3-4,6-8H2,(H,15,16). The predicted octanol–water partition coefficient (Wildman–Crippen LogP) is 0.993. The van der Waals surface area contributed by atoms with Crippen molar-refractivity contribution in [2.45, 2.75) is 18.9 Å². The van der Waals surface area contributed by atoms with Crippen molar-refractivity contribution in [3.05, 3.63) is 22.4 Å². The van der Waals surface area contributed by atoms with Gasteiger partial charge in [-0.3, -0.25) is 9.59 Å². The summed E-state index contributed by atoms with van der Waals surface area (Å²) in [6.45, 7) is 1.26. The van der Waals surface area contributed by atoms with Gasteiger partial charge in [-0.1, -0.05) is 6.07 Å². The van der Waals surface area contributed by atoms with Crippen LogP contribution >= 0.6 is 11.3 Å². The molecule has 2 heterocycles. The van der Waals surface area contributed by atoms with E-state index in [1.165, 1.54) is 11.3 Å². The fourth-order valence-corrected chi connectivity index (χ4v) is 2.71. The monoisotopic (exact) mass is 269 g/mol. The molecule has 0 radical (unpaired) electrons. The van der Waals surface area contributed by atoms with E-state index in [2.05, 4.69) is 0 Å². The summed E-state index contributed by atoms with van der Waals surface area (Å²) in [6, 6.07) is 3.47. The van der Waals surface area contributed by atoms with E-state index < -0.39 is 5.97 Å². The van der Waals surface area contributed by atoms with Gasteiger partial charge in [-0.15, -0.1) is 11.3 Å². The fourth-order valence-electron chi connectivity index (χ4n) is 2.02. The Hall–Kier alpha value is -1.40. The average molecular weight is 269 g/mol. The molecule has 0 aromatic carbocycles. The van der Waals surface area contributed by atoms with E-state index in [0.29, 0.717) is 26.2 Å². The molecule has 1 atom stereocenters. The first-order valence-electron chi connectivity index (χ1n) is 5.78. The van der Waals surface area contributed by atoms with Crippen molar-refractivity contribution in [2.24, 2.45) is 0 Å². The third-order valence-corrected chi connectivity index (χ3v) is 3.74. The maximum absolute atomic E-state index is 12.1. The molecule has 1 aliphatic rings. The lowest BCUT2D eigenvalue weighted by Crippen LogP contribution is -2.50. The van der Waals surface area contributed by atoms with Crippen LogP contribution in [-0.4, -0.2) is 47.7 Å². The number of thiophene rings is 1. The largest absolute Gasteiger partial charge is 0.481 e. The van der Waals surface area contributed by atoms with E-state index in [1.807, 2.05) is 17.5 Å². The summed E-state index contributed by atoms with van der Waals surface area (Å²) < 4.78 is 5.24. The van der Waals surface area contributed by atoms with Gasteiger partial charge in [0.2, 0.25) is 5.91 Å². The van der Waals surface area contributed by atoms with Crippen LogP contribution in [-0.2, 0) is 20.7 Å². The average Bonchev–Trinajstić information content (AvgIpc) is 2.81. The zero-order valence-corrected chi connectivity index (χ0v) is 10.7. The molecule has 1 saturated heterocycles. The molecule has 1 aromatic heterocycles. The van der Waals surface area contributed by atoms with E-state index in [1.54, 1.807) is 4.90 Å². The van der Waals surface area contributed by atoms with Crippen molar-refractivity contribution in [3.63, 3.8) is 0 Å². The van der Waals surface area contributed by atoms with Crippen LogP contribution < -0.4 is 0 Å². The third-order valence-electron chi connectivity index (χ3n) is 2.86. The number of aliphatic carboxylic acids is 1. The van der Waals surface area contributed by atoms with Gasteiger partial charge in [0.15, 0.2) is 0 Å². The minimum Gasteiger partial charge on any atom is -0.481 e. The van der Waals surface area contributed by atoms with Gasteiger partial charge in [0.05, 0.1) is 32.1 Å². The first kappa shape index (κ1) is 13.0. The molecule has 0 spiro atoms. The molecule has 0 aliphatic carbocycles. The Morgan fingerprint density at radius 1 is 1.56 bits per heavy atom. The molecule has 1 unspecified atom stereocenters. The fraction of sp³-hybridized carbons (Fsp3) is 0.500. The topological polar surface area (TPSA) is 66.8 Å². The molecule has 1 N–H and O–H groups in total. The van der Waals surface area contributed by atoms with Gasteiger partial charge in [0.25, 0.3) is 0 Å². The smallest absolute Gasteiger partial charge is 0.305 e. The van der Waals surface area contributed by atoms with Crippen molar-refractivity contribution >= 4 is 23.2 Å². The summed E-state index contributed by atoms with van der Waals surface area (Å²) >= 11 is 1.54. The van der Waals surface area contributed by atoms with Gasteiger partial charge in [-0.05, 0) is 11.4 Å². The lowest BCUT2D eigenvalue weighted by Gasteiger charge is -2.34. The summed E-state index contributed by atoms with van der Waals surface area (Å²) in [6.07, 6.45) is 0.282. The second kappa shape index (κ2) is 5.97. The summed E-state index contributed by atoms with van der Waals surface area (Å²) in [5, 5.41) is 10.8. The first-order chi connectivity index (χ1) is 8.66. The maximum Gasteiger partial charge on any atom is 0.305 e. The Morgan fingerprint density at radius 2 is 2.39 bits per heavy atom. The SMILES string of the molecule is O=C(O)CC1COCCN1C(=O)Cc1cccs1. The van der Waals surface area contributed by atoms with Crippen molar-refractivity contribution < 1.29 is 19.4 Å². The summed E-state index contributed by atoms with van der Waals surface area (Å²) in [4.78, 5) is 25.5. The van der Waals surface area contributed by atoms with Gasteiger partial charge in [-0.25, -0.2) is 0 Å². The lowest BCUT2D eigenvalue weighted by atomic mass is 10.1. The zero-order valence-electron chi connectivity index (χ0n) is 9.87. The quantitative estimate of drug-likeness (QED) is 0.885. The Kier molecular flexibility index (Phi) is 4.33. The minimum absolute atomic E-state index is 0.0213. The highest BCUT2D eigenvalue weighted by molar-refractivity contribution is 7.10. The summed E-state index contributed by atoms with van der Waals surface area (Å²) in [7, 11) is 0. The Morgan fingerprint density at radius 3 is 3.06 bits per heavy atom. The zero-order chi connectivity index (χ0) is 13.0. The molecule has 5 nitrogen and oxygen atoms in total. The van der Waals surface area contributed by atoms with Crippen molar-refractivity contribution in [1.82, 2.24) is 4.90 Å². The van der Waals surface area contributed by atoms with Crippen LogP contribution in [0.2, 0.25) is 0 Å². The van der Waals surface area contributed by atoms with Crippen LogP contribution in [0.15, 0.2) is 17.5 Å². The highest BCUT2D eigenvalue weighted by Gasteiger charge is 2.29. The van der Waals surface area contributed by atoms with E-state index in [4.69, 9.17) is 9.84 Å². The highest BCUT2D eigenvalue weighted by atomic mass is 32.1. The highest BCUT2D eigenvalue weighted by Crippen LogP contribution is 2.15. The molecule has 0 bridgehead atoms. The van der Waals surface area contributed by atoms with Gasteiger partial charge in [-0.2, -0.15) is 0 Å². The lowest BCUT2D eigenvalue weighted by molar-refractivity contribution is -0.145. The second-order valence-electron chi connectivity index (χ2n) is 4.17. The molecule has 1 fully saturated rings. The Balaban J connectivity index is 1.99. The predicted molar refractivity (Wildman–Crippen MR) is 66.6 cm³/mol. The van der Waals surface area contributed by atoms with E-state index in [-0.39, 0.29) is 18.4 Å². The molecule has 6 heteroatoms. The number of carbonyl (C=O) groups excluding carboxylic acids is 1. The molecule has 18 heavy (non-hydrogen) atoms. The number of carboxylic acid groups (broad SMARTS) is 1. The van der Waals surface area contributed by atoms with E-state index >= 15 is 0 Å². The third kappa shape index (κ3) is 3.30. The van der Waals surface area contributed by atoms with Crippen LogP contribution in [0, 0.1) is 0 Å². The molecule has 1 aromatic rings. The molecule has 2 rings (SSSR count). The minimum atomic E-state index is -0.903. The van der Waals surface area contributed by atoms with E-state index in [0.717, 1.165) is 4.88 Å².